The standard InChI is InChI=1S/C18H17FN4OS/c1-12-7-8-14(19)10-15(12)20-17(24)11-25-18-21-16(22-23-18)9-13-5-3-2-4-6-13/h2-8,10H,9,11H2,1H3,(H,20,24)(H,21,22,23). The Hall–Kier alpha value is -2.67. The molecule has 0 aliphatic heterocycles. The van der Waals surface area contributed by atoms with Crippen molar-refractivity contribution in [2.24, 2.45) is 0 Å². The van der Waals surface area contributed by atoms with Crippen molar-refractivity contribution in [2.45, 2.75) is 18.5 Å². The van der Waals surface area contributed by atoms with Crippen LogP contribution in [0.1, 0.15) is 17.0 Å². The molecule has 2 aromatic carbocycles. The molecule has 3 rings (SSSR count). The van der Waals surface area contributed by atoms with Crippen LogP contribution in [0.2, 0.25) is 0 Å². The van der Waals surface area contributed by atoms with Gasteiger partial charge in [0.25, 0.3) is 0 Å². The number of amides is 1. The van der Waals surface area contributed by atoms with Gasteiger partial charge in [-0.25, -0.2) is 9.37 Å². The van der Waals surface area contributed by atoms with Gasteiger partial charge in [0.2, 0.25) is 11.1 Å². The number of benzene rings is 2. The van der Waals surface area contributed by atoms with E-state index in [1.165, 1.54) is 23.9 Å². The number of hydrogen-bond acceptors (Lipinski definition) is 4. The first-order chi connectivity index (χ1) is 12.1. The summed E-state index contributed by atoms with van der Waals surface area (Å²) in [6.45, 7) is 1.81. The van der Waals surface area contributed by atoms with Crippen LogP contribution in [0.25, 0.3) is 0 Å². The lowest BCUT2D eigenvalue weighted by Crippen LogP contribution is -2.15. The normalized spacial score (nSPS) is 10.6. The fourth-order valence-corrected chi connectivity index (χ4v) is 2.87. The predicted molar refractivity (Wildman–Crippen MR) is 96.1 cm³/mol. The number of aryl methyl sites for hydroxylation is 1. The van der Waals surface area contributed by atoms with Crippen molar-refractivity contribution < 1.29 is 9.18 Å². The van der Waals surface area contributed by atoms with Gasteiger partial charge in [-0.3, -0.25) is 9.89 Å². The minimum atomic E-state index is -0.381. The predicted octanol–water partition coefficient (Wildman–Crippen LogP) is 3.57. The van der Waals surface area contributed by atoms with Crippen LogP contribution in [0.15, 0.2) is 53.7 Å². The van der Waals surface area contributed by atoms with Crippen LogP contribution < -0.4 is 5.32 Å². The van der Waals surface area contributed by atoms with Crippen molar-refractivity contribution >= 4 is 23.4 Å². The maximum Gasteiger partial charge on any atom is 0.234 e. The Bertz CT molecular complexity index is 867. The van der Waals surface area contributed by atoms with Crippen molar-refractivity contribution in [1.29, 1.82) is 0 Å². The molecular weight excluding hydrogens is 339 g/mol. The van der Waals surface area contributed by atoms with Gasteiger partial charge in [-0.15, -0.1) is 5.10 Å². The van der Waals surface area contributed by atoms with Gasteiger partial charge in [0.15, 0.2) is 0 Å². The van der Waals surface area contributed by atoms with E-state index in [0.717, 1.165) is 17.0 Å². The minimum Gasteiger partial charge on any atom is -0.325 e. The number of nitrogens with zero attached hydrogens (tertiary/aromatic N) is 2. The van der Waals surface area contributed by atoms with Crippen LogP contribution in [-0.2, 0) is 11.2 Å². The summed E-state index contributed by atoms with van der Waals surface area (Å²) in [5.74, 6) is 0.287. The smallest absolute Gasteiger partial charge is 0.234 e. The van der Waals surface area contributed by atoms with Crippen LogP contribution in [0.3, 0.4) is 0 Å². The van der Waals surface area contributed by atoms with Gasteiger partial charge in [0, 0.05) is 12.1 Å². The quantitative estimate of drug-likeness (QED) is 0.663. The molecule has 0 aliphatic carbocycles. The van der Waals surface area contributed by atoms with Crippen LogP contribution in [0, 0.1) is 12.7 Å². The number of carbonyl (C=O) groups excluding carboxylic acids is 1. The Morgan fingerprint density at radius 3 is 2.84 bits per heavy atom. The van der Waals surface area contributed by atoms with E-state index in [-0.39, 0.29) is 17.5 Å². The van der Waals surface area contributed by atoms with Gasteiger partial charge in [0.1, 0.15) is 11.6 Å². The summed E-state index contributed by atoms with van der Waals surface area (Å²) in [6.07, 6.45) is 0.656. The van der Waals surface area contributed by atoms with Crippen LogP contribution in [0.4, 0.5) is 10.1 Å². The second kappa shape index (κ2) is 7.94. The highest BCUT2D eigenvalue weighted by Crippen LogP contribution is 2.18. The first kappa shape index (κ1) is 17.2. The van der Waals surface area contributed by atoms with Crippen molar-refractivity contribution in [1.82, 2.24) is 15.2 Å². The Morgan fingerprint density at radius 2 is 2.04 bits per heavy atom. The first-order valence-corrected chi connectivity index (χ1v) is 8.73. The lowest BCUT2D eigenvalue weighted by atomic mass is 10.1. The average Bonchev–Trinajstić information content (AvgIpc) is 3.05. The number of hydrogen-bond donors (Lipinski definition) is 2. The lowest BCUT2D eigenvalue weighted by molar-refractivity contribution is -0.113. The monoisotopic (exact) mass is 356 g/mol. The van der Waals surface area contributed by atoms with Crippen molar-refractivity contribution in [2.75, 3.05) is 11.1 Å². The summed E-state index contributed by atoms with van der Waals surface area (Å²) in [7, 11) is 0. The molecule has 0 spiro atoms. The van der Waals surface area contributed by atoms with E-state index < -0.39 is 0 Å². The van der Waals surface area contributed by atoms with E-state index >= 15 is 0 Å². The summed E-state index contributed by atoms with van der Waals surface area (Å²) in [6, 6.07) is 14.2. The van der Waals surface area contributed by atoms with Crippen LogP contribution >= 0.6 is 11.8 Å². The molecule has 1 aromatic heterocycles. The number of rotatable bonds is 6. The molecule has 0 saturated heterocycles. The number of thioether (sulfide) groups is 1. The van der Waals surface area contributed by atoms with E-state index in [2.05, 4.69) is 20.5 Å². The first-order valence-electron chi connectivity index (χ1n) is 7.74. The summed E-state index contributed by atoms with van der Waals surface area (Å²) < 4.78 is 13.2. The van der Waals surface area contributed by atoms with Gasteiger partial charge in [-0.2, -0.15) is 0 Å². The van der Waals surface area contributed by atoms with Gasteiger partial charge < -0.3 is 5.32 Å². The third-order valence-electron chi connectivity index (χ3n) is 3.53. The van der Waals surface area contributed by atoms with E-state index in [4.69, 9.17) is 0 Å². The zero-order valence-corrected chi connectivity index (χ0v) is 14.4. The van der Waals surface area contributed by atoms with Crippen LogP contribution in [-0.4, -0.2) is 26.8 Å². The molecule has 0 unspecified atom stereocenters. The fourth-order valence-electron chi connectivity index (χ4n) is 2.26. The lowest BCUT2D eigenvalue weighted by Gasteiger charge is -2.07. The number of H-pyrrole nitrogens is 1. The number of carbonyl (C=O) groups is 1. The zero-order valence-electron chi connectivity index (χ0n) is 13.6. The highest BCUT2D eigenvalue weighted by Gasteiger charge is 2.10. The SMILES string of the molecule is Cc1ccc(F)cc1NC(=O)CSc1n[nH]c(Cc2ccccc2)n1. The Labute approximate surface area is 149 Å². The van der Waals surface area contributed by atoms with Gasteiger partial charge >= 0.3 is 0 Å². The molecule has 0 radical (unpaired) electrons. The average molecular weight is 356 g/mol. The van der Waals surface area contributed by atoms with E-state index in [0.29, 0.717) is 17.3 Å². The molecule has 0 atom stereocenters. The Kier molecular flexibility index (Phi) is 5.45. The molecule has 0 bridgehead atoms. The maximum absolute atomic E-state index is 13.2. The molecular formula is C18H17FN4OS. The summed E-state index contributed by atoms with van der Waals surface area (Å²) in [5, 5.41) is 10.2. The van der Waals surface area contributed by atoms with E-state index in [9.17, 15) is 9.18 Å². The molecule has 3 aromatic rings. The highest BCUT2D eigenvalue weighted by molar-refractivity contribution is 7.99. The molecule has 1 heterocycles. The summed E-state index contributed by atoms with van der Waals surface area (Å²) in [5.41, 5.74) is 2.42. The Morgan fingerprint density at radius 1 is 1.24 bits per heavy atom. The number of aromatic amines is 1. The second-order valence-corrected chi connectivity index (χ2v) is 6.47. The zero-order chi connectivity index (χ0) is 17.6. The highest BCUT2D eigenvalue weighted by atomic mass is 32.2. The third-order valence-corrected chi connectivity index (χ3v) is 4.38. The summed E-state index contributed by atoms with van der Waals surface area (Å²) >= 11 is 1.23. The molecule has 25 heavy (non-hydrogen) atoms. The molecule has 0 fully saturated rings. The maximum atomic E-state index is 13.2. The summed E-state index contributed by atoms with van der Waals surface area (Å²) in [4.78, 5) is 16.4. The van der Waals surface area contributed by atoms with Gasteiger partial charge in [-0.05, 0) is 30.2 Å². The fraction of sp³-hybridized carbons (Fsp3) is 0.167. The largest absolute Gasteiger partial charge is 0.325 e. The van der Waals surface area contributed by atoms with E-state index in [1.807, 2.05) is 37.3 Å². The number of aromatic nitrogens is 3. The van der Waals surface area contributed by atoms with Crippen molar-refractivity contribution in [3.8, 4) is 0 Å². The van der Waals surface area contributed by atoms with E-state index in [1.54, 1.807) is 6.07 Å². The molecule has 7 heteroatoms. The van der Waals surface area contributed by atoms with Crippen molar-refractivity contribution in [3.05, 3.63) is 71.3 Å². The van der Waals surface area contributed by atoms with Gasteiger partial charge in [0.05, 0.1) is 5.75 Å². The third kappa shape index (κ3) is 4.90. The second-order valence-electron chi connectivity index (χ2n) is 5.52. The topological polar surface area (TPSA) is 70.7 Å². The minimum absolute atomic E-state index is 0.151. The van der Waals surface area contributed by atoms with Gasteiger partial charge in [-0.1, -0.05) is 48.2 Å². The number of anilines is 1. The molecule has 0 saturated carbocycles. The Balaban J connectivity index is 1.53. The number of nitrogens with one attached hydrogen (secondary N) is 2. The van der Waals surface area contributed by atoms with Crippen LogP contribution in [0.5, 0.6) is 0 Å². The molecule has 2 N–H and O–H groups in total. The molecule has 0 aliphatic rings. The molecule has 1 amide bonds. The van der Waals surface area contributed by atoms with Crippen molar-refractivity contribution in [3.63, 3.8) is 0 Å². The number of halogens is 1. The molecule has 128 valence electrons. The molecule has 5 nitrogen and oxygen atoms in total.